The Morgan fingerprint density at radius 2 is 2.43 bits per heavy atom. The predicted molar refractivity (Wildman–Crippen MR) is 58.8 cm³/mol. The average Bonchev–Trinajstić information content (AvgIpc) is 2.52. The number of nitrogens with one attached hydrogen (secondary N) is 2. The molecule has 1 heterocycles. The molecule has 78 valence electrons. The highest BCUT2D eigenvalue weighted by atomic mass is 32.1. The van der Waals surface area contributed by atoms with Crippen molar-refractivity contribution in [3.05, 3.63) is 11.1 Å². The molecule has 2 N–H and O–H groups in total. The summed E-state index contributed by atoms with van der Waals surface area (Å²) in [6.07, 6.45) is 2.08. The number of rotatable bonds is 4. The Morgan fingerprint density at radius 1 is 1.64 bits per heavy atom. The highest BCUT2D eigenvalue weighted by Crippen LogP contribution is 2.13. The van der Waals surface area contributed by atoms with E-state index >= 15 is 0 Å². The molecule has 0 saturated heterocycles. The third-order valence-corrected chi connectivity index (χ3v) is 2.53. The van der Waals surface area contributed by atoms with E-state index in [1.807, 2.05) is 12.3 Å². The van der Waals surface area contributed by atoms with Crippen molar-refractivity contribution >= 4 is 22.5 Å². The SMILES string of the molecule is CCCCNC(=O)Nc1nc(C)cs1. The maximum absolute atomic E-state index is 11.2. The zero-order valence-corrected chi connectivity index (χ0v) is 9.28. The van der Waals surface area contributed by atoms with E-state index in [2.05, 4.69) is 22.5 Å². The first-order valence-electron chi connectivity index (χ1n) is 4.69. The Morgan fingerprint density at radius 3 is 3.00 bits per heavy atom. The quantitative estimate of drug-likeness (QED) is 0.754. The van der Waals surface area contributed by atoms with Crippen LogP contribution in [0.15, 0.2) is 5.38 Å². The first-order chi connectivity index (χ1) is 6.72. The van der Waals surface area contributed by atoms with E-state index in [9.17, 15) is 4.79 Å². The second-order valence-corrected chi connectivity index (χ2v) is 3.89. The molecule has 0 fully saturated rings. The van der Waals surface area contributed by atoms with Gasteiger partial charge >= 0.3 is 6.03 Å². The van der Waals surface area contributed by atoms with Crippen LogP contribution in [0.4, 0.5) is 9.93 Å². The molecule has 0 aromatic carbocycles. The molecule has 14 heavy (non-hydrogen) atoms. The first-order valence-corrected chi connectivity index (χ1v) is 5.57. The van der Waals surface area contributed by atoms with E-state index in [1.165, 1.54) is 11.3 Å². The highest BCUT2D eigenvalue weighted by molar-refractivity contribution is 7.13. The maximum atomic E-state index is 11.2. The minimum absolute atomic E-state index is 0.173. The molecule has 1 aromatic heterocycles. The number of carbonyl (C=O) groups excluding carboxylic acids is 1. The summed E-state index contributed by atoms with van der Waals surface area (Å²) in [4.78, 5) is 15.4. The number of urea groups is 1. The number of hydrogen-bond acceptors (Lipinski definition) is 3. The first kappa shape index (κ1) is 11.0. The molecule has 4 nitrogen and oxygen atoms in total. The topological polar surface area (TPSA) is 54.0 Å². The van der Waals surface area contributed by atoms with Crippen molar-refractivity contribution in [2.45, 2.75) is 26.7 Å². The minimum atomic E-state index is -0.173. The Hall–Kier alpha value is -1.10. The van der Waals surface area contributed by atoms with E-state index in [-0.39, 0.29) is 6.03 Å². The predicted octanol–water partition coefficient (Wildman–Crippen LogP) is 2.37. The van der Waals surface area contributed by atoms with Gasteiger partial charge in [0.05, 0.1) is 5.69 Å². The van der Waals surface area contributed by atoms with Gasteiger partial charge in [0, 0.05) is 11.9 Å². The third-order valence-electron chi connectivity index (χ3n) is 1.66. The van der Waals surface area contributed by atoms with E-state index in [4.69, 9.17) is 0 Å². The second kappa shape index (κ2) is 5.59. The molecule has 0 saturated carbocycles. The zero-order chi connectivity index (χ0) is 10.4. The number of aromatic nitrogens is 1. The lowest BCUT2D eigenvalue weighted by Gasteiger charge is -2.03. The number of anilines is 1. The van der Waals surface area contributed by atoms with Crippen molar-refractivity contribution in [1.82, 2.24) is 10.3 Å². The Labute approximate surface area is 87.7 Å². The highest BCUT2D eigenvalue weighted by Gasteiger charge is 2.02. The molecule has 1 rings (SSSR count). The molecule has 0 bridgehead atoms. The number of carbonyl (C=O) groups is 1. The molecule has 1 aromatic rings. The van der Waals surface area contributed by atoms with Gasteiger partial charge in [0.25, 0.3) is 0 Å². The fraction of sp³-hybridized carbons (Fsp3) is 0.556. The Kier molecular flexibility index (Phi) is 4.39. The van der Waals surface area contributed by atoms with Crippen molar-refractivity contribution in [3.63, 3.8) is 0 Å². The van der Waals surface area contributed by atoms with Crippen LogP contribution in [0.1, 0.15) is 25.5 Å². The summed E-state index contributed by atoms with van der Waals surface area (Å²) in [6.45, 7) is 4.70. The molecule has 0 aliphatic heterocycles. The number of hydrogen-bond donors (Lipinski definition) is 2. The summed E-state index contributed by atoms with van der Waals surface area (Å²) in [5, 5.41) is 7.99. The van der Waals surface area contributed by atoms with Crippen LogP contribution in [0.2, 0.25) is 0 Å². The molecular formula is C9H15N3OS. The van der Waals surface area contributed by atoms with Crippen molar-refractivity contribution in [1.29, 1.82) is 0 Å². The van der Waals surface area contributed by atoms with Crippen molar-refractivity contribution in [2.75, 3.05) is 11.9 Å². The smallest absolute Gasteiger partial charge is 0.321 e. The zero-order valence-electron chi connectivity index (χ0n) is 8.46. The van der Waals surface area contributed by atoms with E-state index in [0.29, 0.717) is 11.7 Å². The molecule has 2 amide bonds. The molecule has 0 spiro atoms. The number of nitrogens with zero attached hydrogens (tertiary/aromatic N) is 1. The summed E-state index contributed by atoms with van der Waals surface area (Å²) >= 11 is 1.43. The van der Waals surface area contributed by atoms with Gasteiger partial charge in [-0.15, -0.1) is 11.3 Å². The third kappa shape index (κ3) is 3.74. The van der Waals surface area contributed by atoms with Gasteiger partial charge in [-0.2, -0.15) is 0 Å². The van der Waals surface area contributed by atoms with Gasteiger partial charge in [0.15, 0.2) is 5.13 Å². The molecule has 0 unspecified atom stereocenters. The normalized spacial score (nSPS) is 9.86. The number of unbranched alkanes of at least 4 members (excludes halogenated alkanes) is 1. The Bertz CT molecular complexity index is 298. The van der Waals surface area contributed by atoms with Crippen LogP contribution in [-0.4, -0.2) is 17.6 Å². The Balaban J connectivity index is 2.27. The minimum Gasteiger partial charge on any atom is -0.338 e. The van der Waals surface area contributed by atoms with Crippen molar-refractivity contribution in [2.24, 2.45) is 0 Å². The van der Waals surface area contributed by atoms with Crippen LogP contribution in [-0.2, 0) is 0 Å². The second-order valence-electron chi connectivity index (χ2n) is 3.03. The van der Waals surface area contributed by atoms with Gasteiger partial charge < -0.3 is 5.32 Å². The number of aryl methyl sites for hydroxylation is 1. The number of thiazole rings is 1. The van der Waals surface area contributed by atoms with Gasteiger partial charge in [-0.3, -0.25) is 5.32 Å². The van der Waals surface area contributed by atoms with Gasteiger partial charge in [-0.25, -0.2) is 9.78 Å². The monoisotopic (exact) mass is 213 g/mol. The van der Waals surface area contributed by atoms with Crippen LogP contribution in [0.3, 0.4) is 0 Å². The van der Waals surface area contributed by atoms with Gasteiger partial charge in [-0.05, 0) is 13.3 Å². The van der Waals surface area contributed by atoms with Crippen LogP contribution < -0.4 is 10.6 Å². The molecular weight excluding hydrogens is 198 g/mol. The molecule has 0 aliphatic carbocycles. The fourth-order valence-corrected chi connectivity index (χ4v) is 1.61. The molecule has 0 radical (unpaired) electrons. The van der Waals surface area contributed by atoms with E-state index in [0.717, 1.165) is 18.5 Å². The molecule has 0 aliphatic rings. The summed E-state index contributed by atoms with van der Waals surface area (Å²) in [6, 6.07) is -0.173. The van der Waals surface area contributed by atoms with Crippen LogP contribution in [0, 0.1) is 6.92 Å². The summed E-state index contributed by atoms with van der Waals surface area (Å²) in [5.74, 6) is 0. The standard InChI is InChI=1S/C9H15N3OS/c1-3-4-5-10-8(13)12-9-11-7(2)6-14-9/h6H,3-5H2,1-2H3,(H2,10,11,12,13). The fourth-order valence-electron chi connectivity index (χ4n) is 0.931. The molecule has 5 heteroatoms. The van der Waals surface area contributed by atoms with Gasteiger partial charge in [0.2, 0.25) is 0 Å². The summed E-state index contributed by atoms with van der Waals surface area (Å²) in [5.41, 5.74) is 0.929. The average molecular weight is 213 g/mol. The summed E-state index contributed by atoms with van der Waals surface area (Å²) < 4.78 is 0. The van der Waals surface area contributed by atoms with Gasteiger partial charge in [0.1, 0.15) is 0 Å². The lowest BCUT2D eigenvalue weighted by Crippen LogP contribution is -2.29. The van der Waals surface area contributed by atoms with E-state index in [1.54, 1.807) is 0 Å². The molecule has 0 atom stereocenters. The maximum Gasteiger partial charge on any atom is 0.321 e. The van der Waals surface area contributed by atoms with Crippen LogP contribution in [0.25, 0.3) is 0 Å². The lowest BCUT2D eigenvalue weighted by atomic mass is 10.3. The largest absolute Gasteiger partial charge is 0.338 e. The van der Waals surface area contributed by atoms with E-state index < -0.39 is 0 Å². The van der Waals surface area contributed by atoms with Crippen molar-refractivity contribution in [3.8, 4) is 0 Å². The van der Waals surface area contributed by atoms with Crippen LogP contribution >= 0.6 is 11.3 Å². The number of amides is 2. The van der Waals surface area contributed by atoms with Crippen LogP contribution in [0.5, 0.6) is 0 Å². The summed E-state index contributed by atoms with van der Waals surface area (Å²) in [7, 11) is 0. The van der Waals surface area contributed by atoms with Crippen molar-refractivity contribution < 1.29 is 4.79 Å². The lowest BCUT2D eigenvalue weighted by molar-refractivity contribution is 0.252. The van der Waals surface area contributed by atoms with Gasteiger partial charge in [-0.1, -0.05) is 13.3 Å².